The van der Waals surface area contributed by atoms with Crippen LogP contribution in [0.25, 0.3) is 5.69 Å². The van der Waals surface area contributed by atoms with E-state index in [1.807, 2.05) is 72.9 Å². The lowest BCUT2D eigenvalue weighted by molar-refractivity contribution is -0.118. The van der Waals surface area contributed by atoms with Gasteiger partial charge in [0.05, 0.1) is 10.6 Å². The highest BCUT2D eigenvalue weighted by Gasteiger charge is 2.07. The maximum absolute atomic E-state index is 12.6. The molecule has 7 heteroatoms. The van der Waals surface area contributed by atoms with E-state index in [0.717, 1.165) is 22.5 Å². The van der Waals surface area contributed by atoms with Crippen molar-refractivity contribution in [3.05, 3.63) is 103 Å². The molecule has 0 aliphatic heterocycles. The lowest BCUT2D eigenvalue weighted by Gasteiger charge is -2.08. The molecule has 0 saturated carbocycles. The Morgan fingerprint density at radius 3 is 2.42 bits per heavy atom. The van der Waals surface area contributed by atoms with Crippen molar-refractivity contribution in [2.24, 2.45) is 0 Å². The normalized spacial score (nSPS) is 11.7. The van der Waals surface area contributed by atoms with Crippen LogP contribution in [-0.4, -0.2) is 24.8 Å². The summed E-state index contributed by atoms with van der Waals surface area (Å²) >= 11 is 0. The Morgan fingerprint density at radius 1 is 0.935 bits per heavy atom. The number of benzene rings is 2. The molecule has 0 bridgehead atoms. The van der Waals surface area contributed by atoms with Crippen LogP contribution in [0, 0.1) is 0 Å². The van der Waals surface area contributed by atoms with Gasteiger partial charge in [-0.3, -0.25) is 9.78 Å². The minimum atomic E-state index is -1.38. The molecule has 2 aromatic carbocycles. The van der Waals surface area contributed by atoms with E-state index in [-0.39, 0.29) is 5.78 Å². The second-order valence-corrected chi connectivity index (χ2v) is 8.30. The second-order valence-electron chi connectivity index (χ2n) is 7.09. The zero-order chi connectivity index (χ0) is 21.5. The van der Waals surface area contributed by atoms with Crippen LogP contribution in [0.4, 0.5) is 5.69 Å². The second kappa shape index (κ2) is 9.95. The monoisotopic (exact) mass is 430 g/mol. The van der Waals surface area contributed by atoms with Crippen molar-refractivity contribution in [3.8, 4) is 5.69 Å². The molecule has 31 heavy (non-hydrogen) atoms. The highest BCUT2D eigenvalue weighted by molar-refractivity contribution is 7.86. The van der Waals surface area contributed by atoms with Crippen molar-refractivity contribution < 1.29 is 9.00 Å². The summed E-state index contributed by atoms with van der Waals surface area (Å²) in [6, 6.07) is 20.6. The minimum Gasteiger partial charge on any atom is -0.301 e. The number of aromatic nitrogens is 3. The third-order valence-electron chi connectivity index (χ3n) is 4.80. The minimum absolute atomic E-state index is 0.186. The summed E-state index contributed by atoms with van der Waals surface area (Å²) in [5.74, 6) is 0.186. The summed E-state index contributed by atoms with van der Waals surface area (Å²) in [6.45, 7) is 0. The molecule has 1 N–H and O–H groups in total. The van der Waals surface area contributed by atoms with E-state index < -0.39 is 11.0 Å². The Labute approximate surface area is 183 Å². The van der Waals surface area contributed by atoms with Gasteiger partial charge in [-0.1, -0.05) is 18.2 Å². The van der Waals surface area contributed by atoms with Crippen LogP contribution in [0.3, 0.4) is 0 Å². The molecule has 4 rings (SSSR count). The number of anilines is 1. The Kier molecular flexibility index (Phi) is 6.64. The largest absolute Gasteiger partial charge is 0.301 e. The molecule has 0 fully saturated rings. The number of pyridine rings is 1. The molecule has 156 valence electrons. The summed E-state index contributed by atoms with van der Waals surface area (Å²) in [4.78, 5) is 17.0. The first-order chi connectivity index (χ1) is 15.2. The lowest BCUT2D eigenvalue weighted by atomic mass is 10.0. The van der Waals surface area contributed by atoms with Gasteiger partial charge in [0.15, 0.2) is 0 Å². The standard InChI is InChI=1S/C24H22N4O2S/c29-23(11-6-20-3-1-14-25-18-20)17-19-4-7-21(8-5-19)27-31(30)24-12-9-22(10-13-24)28-16-2-15-26-28/h1-5,7-10,12-16,18,27H,6,11,17H2. The molecule has 2 heterocycles. The first-order valence-electron chi connectivity index (χ1n) is 9.95. The number of Topliss-reactive ketones (excluding diaryl/α,β-unsaturated/α-hetero) is 1. The van der Waals surface area contributed by atoms with E-state index in [1.54, 1.807) is 23.3 Å². The van der Waals surface area contributed by atoms with E-state index in [1.165, 1.54) is 0 Å². The fourth-order valence-corrected chi connectivity index (χ4v) is 4.00. The van der Waals surface area contributed by atoms with Crippen LogP contribution in [0.5, 0.6) is 0 Å². The highest BCUT2D eigenvalue weighted by atomic mass is 32.2. The first kappa shape index (κ1) is 20.7. The molecule has 0 aliphatic carbocycles. The van der Waals surface area contributed by atoms with E-state index in [4.69, 9.17) is 0 Å². The number of carbonyl (C=O) groups excluding carboxylic acids is 1. The van der Waals surface area contributed by atoms with Gasteiger partial charge >= 0.3 is 0 Å². The van der Waals surface area contributed by atoms with Crippen molar-refractivity contribution in [2.75, 3.05) is 4.72 Å². The zero-order valence-corrected chi connectivity index (χ0v) is 17.7. The number of nitrogens with one attached hydrogen (secondary N) is 1. The average molecular weight is 431 g/mol. The summed E-state index contributed by atoms with van der Waals surface area (Å²) in [6.07, 6.45) is 8.66. The Bertz CT molecular complexity index is 1140. The first-order valence-corrected chi connectivity index (χ1v) is 11.1. The van der Waals surface area contributed by atoms with Gasteiger partial charge in [-0.25, -0.2) is 8.89 Å². The van der Waals surface area contributed by atoms with Gasteiger partial charge in [0.1, 0.15) is 16.8 Å². The van der Waals surface area contributed by atoms with Gasteiger partial charge in [0.2, 0.25) is 0 Å². The van der Waals surface area contributed by atoms with E-state index >= 15 is 0 Å². The molecule has 1 unspecified atom stereocenters. The molecule has 0 saturated heterocycles. The maximum atomic E-state index is 12.6. The Balaban J connectivity index is 1.29. The number of ketones is 1. The predicted molar refractivity (Wildman–Crippen MR) is 121 cm³/mol. The van der Waals surface area contributed by atoms with Crippen LogP contribution in [0.1, 0.15) is 17.5 Å². The number of nitrogens with zero attached hydrogens (tertiary/aromatic N) is 3. The number of rotatable bonds is 9. The van der Waals surface area contributed by atoms with Gasteiger partial charge in [-0.05, 0) is 66.1 Å². The van der Waals surface area contributed by atoms with E-state index in [0.29, 0.717) is 24.2 Å². The van der Waals surface area contributed by atoms with Gasteiger partial charge in [0, 0.05) is 43.3 Å². The molecule has 0 aliphatic rings. The molecule has 0 amide bonds. The number of hydrogen-bond donors (Lipinski definition) is 1. The highest BCUT2D eigenvalue weighted by Crippen LogP contribution is 2.16. The van der Waals surface area contributed by atoms with Crippen LogP contribution >= 0.6 is 0 Å². The van der Waals surface area contributed by atoms with Gasteiger partial charge in [-0.15, -0.1) is 0 Å². The molecular formula is C24H22N4O2S. The fourth-order valence-electron chi connectivity index (χ4n) is 3.15. The number of aryl methyl sites for hydroxylation is 1. The quantitative estimate of drug-likeness (QED) is 0.433. The average Bonchev–Trinajstić information content (AvgIpc) is 3.35. The maximum Gasteiger partial charge on any atom is 0.150 e. The van der Waals surface area contributed by atoms with Crippen LogP contribution < -0.4 is 4.72 Å². The topological polar surface area (TPSA) is 76.9 Å². The number of hydrogen-bond acceptors (Lipinski definition) is 4. The van der Waals surface area contributed by atoms with Crippen molar-refractivity contribution in [2.45, 2.75) is 24.2 Å². The zero-order valence-electron chi connectivity index (χ0n) is 16.8. The SMILES string of the molecule is O=C(CCc1cccnc1)Cc1ccc(NS(=O)c2ccc(-n3cccn3)cc2)cc1. The molecule has 4 aromatic rings. The molecular weight excluding hydrogens is 408 g/mol. The van der Waals surface area contributed by atoms with Crippen LogP contribution in [0.2, 0.25) is 0 Å². The third kappa shape index (κ3) is 5.73. The Hall–Kier alpha value is -3.58. The molecule has 1 atom stereocenters. The summed E-state index contributed by atoms with van der Waals surface area (Å²) < 4.78 is 17.4. The van der Waals surface area contributed by atoms with Gasteiger partial charge < -0.3 is 4.72 Å². The molecule has 0 radical (unpaired) electrons. The lowest BCUT2D eigenvalue weighted by Crippen LogP contribution is -2.06. The summed E-state index contributed by atoms with van der Waals surface area (Å²) in [5.41, 5.74) is 3.65. The van der Waals surface area contributed by atoms with Crippen molar-refractivity contribution in [3.63, 3.8) is 0 Å². The third-order valence-corrected chi connectivity index (χ3v) is 5.92. The van der Waals surface area contributed by atoms with Crippen LogP contribution in [0.15, 0.2) is 96.4 Å². The van der Waals surface area contributed by atoms with E-state index in [2.05, 4.69) is 14.8 Å². The molecule has 2 aromatic heterocycles. The van der Waals surface area contributed by atoms with Gasteiger partial charge in [0.25, 0.3) is 0 Å². The fraction of sp³-hybridized carbons (Fsp3) is 0.125. The number of carbonyl (C=O) groups is 1. The smallest absolute Gasteiger partial charge is 0.150 e. The summed E-state index contributed by atoms with van der Waals surface area (Å²) in [7, 11) is -1.38. The summed E-state index contributed by atoms with van der Waals surface area (Å²) in [5, 5.41) is 4.18. The Morgan fingerprint density at radius 2 is 1.74 bits per heavy atom. The van der Waals surface area contributed by atoms with Crippen molar-refractivity contribution in [1.29, 1.82) is 0 Å². The van der Waals surface area contributed by atoms with Crippen LogP contribution in [-0.2, 0) is 28.6 Å². The molecule has 0 spiro atoms. The van der Waals surface area contributed by atoms with Crippen molar-refractivity contribution >= 4 is 22.5 Å². The predicted octanol–water partition coefficient (Wildman–Crippen LogP) is 4.15. The van der Waals surface area contributed by atoms with E-state index in [9.17, 15) is 9.00 Å². The molecule has 6 nitrogen and oxygen atoms in total. The van der Waals surface area contributed by atoms with Gasteiger partial charge in [-0.2, -0.15) is 5.10 Å². The van der Waals surface area contributed by atoms with Crippen molar-refractivity contribution in [1.82, 2.24) is 14.8 Å².